The van der Waals surface area contributed by atoms with Gasteiger partial charge >= 0.3 is 0 Å². The molecule has 4 aliphatic rings. The van der Waals surface area contributed by atoms with E-state index in [9.17, 15) is 15.3 Å². The molecular weight excluding hydrogens is 396 g/mol. The number of hydrogen-bond donors (Lipinski definition) is 3. The SMILES string of the molecule is CC[C@H](C[C@@H](O)[C@@H](C)[C@H]1CC[C@H]2[C@@H]3[C@H](O)C=C4C[C@H](O)CC[C@]4(C)[C@H]3CC[C@]12C)C(C)C. The molecule has 3 saturated carbocycles. The molecule has 0 heterocycles. The summed E-state index contributed by atoms with van der Waals surface area (Å²) >= 11 is 0. The molecular formula is C29H50O3. The van der Waals surface area contributed by atoms with Gasteiger partial charge in [0.05, 0.1) is 18.3 Å². The molecule has 0 radical (unpaired) electrons. The van der Waals surface area contributed by atoms with Crippen molar-refractivity contribution in [2.75, 3.05) is 0 Å². The second kappa shape index (κ2) is 9.00. The Morgan fingerprint density at radius 2 is 1.72 bits per heavy atom. The molecule has 3 heteroatoms. The molecule has 11 atom stereocenters. The van der Waals surface area contributed by atoms with E-state index in [0.717, 1.165) is 32.1 Å². The molecule has 3 fully saturated rings. The topological polar surface area (TPSA) is 60.7 Å². The van der Waals surface area contributed by atoms with Gasteiger partial charge < -0.3 is 15.3 Å². The van der Waals surface area contributed by atoms with Crippen LogP contribution in [0.5, 0.6) is 0 Å². The van der Waals surface area contributed by atoms with E-state index in [1.807, 2.05) is 0 Å². The summed E-state index contributed by atoms with van der Waals surface area (Å²) in [5, 5.41) is 32.9. The van der Waals surface area contributed by atoms with Crippen molar-refractivity contribution in [1.29, 1.82) is 0 Å². The van der Waals surface area contributed by atoms with Crippen molar-refractivity contribution in [3.63, 3.8) is 0 Å². The quantitative estimate of drug-likeness (QED) is 0.441. The zero-order chi connectivity index (χ0) is 23.4. The maximum Gasteiger partial charge on any atom is 0.0757 e. The summed E-state index contributed by atoms with van der Waals surface area (Å²) in [5.74, 6) is 3.51. The summed E-state index contributed by atoms with van der Waals surface area (Å²) in [7, 11) is 0. The molecule has 0 unspecified atom stereocenters. The van der Waals surface area contributed by atoms with E-state index in [-0.39, 0.29) is 29.1 Å². The van der Waals surface area contributed by atoms with Gasteiger partial charge in [-0.2, -0.15) is 0 Å². The van der Waals surface area contributed by atoms with E-state index in [1.54, 1.807) is 0 Å². The van der Waals surface area contributed by atoms with Crippen molar-refractivity contribution in [2.24, 2.45) is 52.3 Å². The zero-order valence-corrected chi connectivity index (χ0v) is 21.6. The van der Waals surface area contributed by atoms with Gasteiger partial charge in [-0.1, -0.05) is 59.6 Å². The smallest absolute Gasteiger partial charge is 0.0757 e. The minimum Gasteiger partial charge on any atom is -0.393 e. The normalized spacial score (nSPS) is 46.6. The third-order valence-corrected chi connectivity index (χ3v) is 11.4. The first-order chi connectivity index (χ1) is 15.0. The van der Waals surface area contributed by atoms with E-state index >= 15 is 0 Å². The lowest BCUT2D eigenvalue weighted by atomic mass is 9.46. The summed E-state index contributed by atoms with van der Waals surface area (Å²) in [6, 6.07) is 0. The van der Waals surface area contributed by atoms with Gasteiger partial charge in [-0.3, -0.25) is 0 Å². The van der Waals surface area contributed by atoms with Crippen LogP contribution in [0.2, 0.25) is 0 Å². The van der Waals surface area contributed by atoms with Crippen LogP contribution < -0.4 is 0 Å². The van der Waals surface area contributed by atoms with Crippen molar-refractivity contribution in [1.82, 2.24) is 0 Å². The highest BCUT2D eigenvalue weighted by Crippen LogP contribution is 2.67. The number of rotatable bonds is 6. The first-order valence-electron chi connectivity index (χ1n) is 13.8. The maximum absolute atomic E-state index is 11.3. The molecule has 0 aliphatic heterocycles. The van der Waals surface area contributed by atoms with E-state index in [4.69, 9.17) is 0 Å². The first kappa shape index (κ1) is 24.7. The van der Waals surface area contributed by atoms with E-state index < -0.39 is 0 Å². The minimum atomic E-state index is -0.373. The minimum absolute atomic E-state index is 0.152. The van der Waals surface area contributed by atoms with E-state index in [1.165, 1.54) is 31.3 Å². The van der Waals surface area contributed by atoms with Crippen LogP contribution >= 0.6 is 0 Å². The van der Waals surface area contributed by atoms with Crippen molar-refractivity contribution >= 4 is 0 Å². The molecule has 0 aromatic rings. The Morgan fingerprint density at radius 1 is 1.00 bits per heavy atom. The highest BCUT2D eigenvalue weighted by Gasteiger charge is 2.61. The Balaban J connectivity index is 1.55. The second-order valence-electron chi connectivity index (χ2n) is 13.1. The van der Waals surface area contributed by atoms with Gasteiger partial charge in [-0.15, -0.1) is 0 Å². The Labute approximate surface area is 197 Å². The Morgan fingerprint density at radius 3 is 2.38 bits per heavy atom. The molecule has 184 valence electrons. The highest BCUT2D eigenvalue weighted by atomic mass is 16.3. The lowest BCUT2D eigenvalue weighted by molar-refractivity contribution is -0.103. The van der Waals surface area contributed by atoms with Gasteiger partial charge in [-0.05, 0) is 104 Å². The summed E-state index contributed by atoms with van der Waals surface area (Å²) in [4.78, 5) is 0. The van der Waals surface area contributed by atoms with Crippen molar-refractivity contribution < 1.29 is 15.3 Å². The molecule has 0 bridgehead atoms. The van der Waals surface area contributed by atoms with Gasteiger partial charge in [0.15, 0.2) is 0 Å². The van der Waals surface area contributed by atoms with E-state index in [0.29, 0.717) is 41.4 Å². The molecule has 3 N–H and O–H groups in total. The highest BCUT2D eigenvalue weighted by molar-refractivity contribution is 5.28. The molecule has 0 spiro atoms. The zero-order valence-electron chi connectivity index (χ0n) is 21.6. The Kier molecular flexibility index (Phi) is 6.96. The number of aliphatic hydroxyl groups excluding tert-OH is 3. The van der Waals surface area contributed by atoms with Crippen LogP contribution in [0.3, 0.4) is 0 Å². The van der Waals surface area contributed by atoms with Crippen LogP contribution in [0.1, 0.15) is 99.3 Å². The third kappa shape index (κ3) is 3.93. The summed E-state index contributed by atoms with van der Waals surface area (Å²) < 4.78 is 0. The number of aliphatic hydroxyl groups is 3. The largest absolute Gasteiger partial charge is 0.393 e. The van der Waals surface area contributed by atoms with Gasteiger partial charge in [0.2, 0.25) is 0 Å². The monoisotopic (exact) mass is 446 g/mol. The third-order valence-electron chi connectivity index (χ3n) is 11.4. The van der Waals surface area contributed by atoms with Crippen LogP contribution in [-0.2, 0) is 0 Å². The average Bonchev–Trinajstić information content (AvgIpc) is 3.09. The molecule has 0 aromatic carbocycles. The predicted octanol–water partition coefficient (Wildman–Crippen LogP) is 5.97. The van der Waals surface area contributed by atoms with Crippen molar-refractivity contribution in [2.45, 2.75) is 118 Å². The molecule has 0 amide bonds. The van der Waals surface area contributed by atoms with Gasteiger partial charge in [0.1, 0.15) is 0 Å². The standard InChI is InChI=1S/C29H50O3/c1-7-19(17(2)3)14-25(31)18(4)22-8-9-23-27-24(11-13-29(22,23)6)28(5)12-10-21(30)15-20(28)16-26(27)32/h16-19,21-27,30-32H,7-15H2,1-6H3/t18-,19+,21+,22+,23-,24-,25+,26+,27-,28-,29+/m0/s1. The van der Waals surface area contributed by atoms with Gasteiger partial charge in [-0.25, -0.2) is 0 Å². The van der Waals surface area contributed by atoms with Crippen LogP contribution in [0.4, 0.5) is 0 Å². The second-order valence-corrected chi connectivity index (χ2v) is 13.1. The Hall–Kier alpha value is -0.380. The maximum atomic E-state index is 11.3. The van der Waals surface area contributed by atoms with Crippen LogP contribution in [-0.4, -0.2) is 33.6 Å². The lowest BCUT2D eigenvalue weighted by Crippen LogP contribution is -2.55. The summed E-state index contributed by atoms with van der Waals surface area (Å²) in [6.45, 7) is 14.1. The molecule has 4 aliphatic carbocycles. The van der Waals surface area contributed by atoms with Gasteiger partial charge in [0.25, 0.3) is 0 Å². The number of fused-ring (bicyclic) bond motifs is 5. The number of hydrogen-bond acceptors (Lipinski definition) is 3. The fraction of sp³-hybridized carbons (Fsp3) is 0.931. The van der Waals surface area contributed by atoms with Crippen LogP contribution in [0.15, 0.2) is 11.6 Å². The molecule has 3 nitrogen and oxygen atoms in total. The first-order valence-corrected chi connectivity index (χ1v) is 13.8. The lowest BCUT2D eigenvalue weighted by Gasteiger charge is -2.59. The van der Waals surface area contributed by atoms with Gasteiger partial charge in [0, 0.05) is 0 Å². The molecule has 4 rings (SSSR count). The summed E-state index contributed by atoms with van der Waals surface area (Å²) in [5.41, 5.74) is 1.70. The predicted molar refractivity (Wildman–Crippen MR) is 131 cm³/mol. The molecule has 0 saturated heterocycles. The summed E-state index contributed by atoms with van der Waals surface area (Å²) in [6.07, 6.45) is 10.9. The fourth-order valence-corrected chi connectivity index (χ4v) is 9.24. The van der Waals surface area contributed by atoms with Crippen LogP contribution in [0, 0.1) is 52.3 Å². The van der Waals surface area contributed by atoms with Crippen molar-refractivity contribution in [3.8, 4) is 0 Å². The van der Waals surface area contributed by atoms with E-state index in [2.05, 4.69) is 47.6 Å². The molecule has 0 aromatic heterocycles. The molecule has 32 heavy (non-hydrogen) atoms. The fourth-order valence-electron chi connectivity index (χ4n) is 9.24. The van der Waals surface area contributed by atoms with Crippen molar-refractivity contribution in [3.05, 3.63) is 11.6 Å². The Bertz CT molecular complexity index is 701. The van der Waals surface area contributed by atoms with Crippen LogP contribution in [0.25, 0.3) is 0 Å². The average molecular weight is 447 g/mol.